The second-order valence-corrected chi connectivity index (χ2v) is 4.50. The predicted octanol–water partition coefficient (Wildman–Crippen LogP) is 1.95. The third-order valence-electron chi connectivity index (χ3n) is 2.99. The summed E-state index contributed by atoms with van der Waals surface area (Å²) in [6.45, 7) is 2.03. The van der Waals surface area contributed by atoms with E-state index in [9.17, 15) is 0 Å². The number of aromatic nitrogens is 2. The minimum absolute atomic E-state index is 0.427. The minimum Gasteiger partial charge on any atom is -0.393 e. The van der Waals surface area contributed by atoms with E-state index in [0.717, 1.165) is 11.3 Å². The largest absolute Gasteiger partial charge is 0.393 e. The molecule has 6 heteroatoms. The molecule has 0 saturated carbocycles. The maximum atomic E-state index is 7.51. The lowest BCUT2D eigenvalue weighted by Crippen LogP contribution is -2.13. The van der Waals surface area contributed by atoms with Gasteiger partial charge in [0.25, 0.3) is 0 Å². The Labute approximate surface area is 123 Å². The first-order valence-electron chi connectivity index (χ1n) is 6.48. The smallest absolute Gasteiger partial charge is 0.166 e. The van der Waals surface area contributed by atoms with Crippen molar-refractivity contribution >= 4 is 17.6 Å². The molecule has 0 amide bonds. The first-order valence-corrected chi connectivity index (χ1v) is 6.48. The van der Waals surface area contributed by atoms with E-state index < -0.39 is 0 Å². The van der Waals surface area contributed by atoms with Crippen molar-refractivity contribution in [1.29, 1.82) is 5.41 Å². The molecule has 2 aromatic rings. The molecule has 0 unspecified atom stereocenters. The van der Waals surface area contributed by atoms with Crippen LogP contribution in [0.25, 0.3) is 16.8 Å². The minimum atomic E-state index is 0.427. The molecule has 0 saturated heterocycles. The monoisotopic (exact) mass is 282 g/mol. The number of allylic oxidation sites excluding steroid dienone is 1. The van der Waals surface area contributed by atoms with Crippen molar-refractivity contribution in [2.75, 3.05) is 12.5 Å². The Hall–Kier alpha value is -2.73. The molecule has 6 nitrogen and oxygen atoms in total. The fourth-order valence-electron chi connectivity index (χ4n) is 1.89. The molecule has 0 aliphatic carbocycles. The van der Waals surface area contributed by atoms with Gasteiger partial charge in [0.05, 0.1) is 11.9 Å². The van der Waals surface area contributed by atoms with Crippen molar-refractivity contribution in [1.82, 2.24) is 15.3 Å². The average Bonchev–Trinajstić information content (AvgIpc) is 2.53. The Balaban J connectivity index is 2.53. The summed E-state index contributed by atoms with van der Waals surface area (Å²) in [5.74, 6) is 5.90. The highest BCUT2D eigenvalue weighted by atomic mass is 15.3. The second-order valence-electron chi connectivity index (χ2n) is 4.50. The van der Waals surface area contributed by atoms with E-state index in [1.165, 1.54) is 11.8 Å². The fourth-order valence-corrected chi connectivity index (χ4v) is 1.89. The summed E-state index contributed by atoms with van der Waals surface area (Å²) in [7, 11) is 1.76. The third kappa shape index (κ3) is 3.24. The summed E-state index contributed by atoms with van der Waals surface area (Å²) in [4.78, 5) is 8.85. The van der Waals surface area contributed by atoms with E-state index in [1.54, 1.807) is 19.4 Å². The van der Waals surface area contributed by atoms with Crippen LogP contribution in [0.5, 0.6) is 0 Å². The summed E-state index contributed by atoms with van der Waals surface area (Å²) < 4.78 is 0. The number of nitrogen functional groups attached to an aromatic ring is 1. The van der Waals surface area contributed by atoms with Crippen molar-refractivity contribution in [3.63, 3.8) is 0 Å². The standard InChI is InChI=1S/C15H18N6/c1-10-3-5-11(6-4-10)13-9-19-15(21-17)14(20-13)12(7-16)8-18-2/h3-9,16,18H,17H2,1-2H3,(H,19,21)/b12-8+,16-7?. The van der Waals surface area contributed by atoms with Crippen LogP contribution < -0.4 is 16.6 Å². The molecule has 1 aromatic carbocycles. The number of hydrogen-bond donors (Lipinski definition) is 4. The van der Waals surface area contributed by atoms with E-state index in [4.69, 9.17) is 11.3 Å². The van der Waals surface area contributed by atoms with Gasteiger partial charge in [-0.2, -0.15) is 0 Å². The van der Waals surface area contributed by atoms with Gasteiger partial charge in [-0.1, -0.05) is 29.8 Å². The molecule has 0 aliphatic rings. The van der Waals surface area contributed by atoms with Crippen LogP contribution >= 0.6 is 0 Å². The van der Waals surface area contributed by atoms with Crippen molar-refractivity contribution in [3.8, 4) is 11.3 Å². The summed E-state index contributed by atoms with van der Waals surface area (Å²) in [5, 5.41) is 10.4. The summed E-state index contributed by atoms with van der Waals surface area (Å²) in [5.41, 5.74) is 6.51. The molecule has 108 valence electrons. The predicted molar refractivity (Wildman–Crippen MR) is 85.8 cm³/mol. The molecule has 2 rings (SSSR count). The molecule has 0 bridgehead atoms. The van der Waals surface area contributed by atoms with E-state index in [-0.39, 0.29) is 0 Å². The van der Waals surface area contributed by atoms with Crippen molar-refractivity contribution in [2.45, 2.75) is 6.92 Å². The Kier molecular flexibility index (Phi) is 4.63. The lowest BCUT2D eigenvalue weighted by molar-refractivity contribution is 1.09. The van der Waals surface area contributed by atoms with E-state index in [1.807, 2.05) is 31.2 Å². The van der Waals surface area contributed by atoms with Gasteiger partial charge in [-0.3, -0.25) is 0 Å². The highest BCUT2D eigenvalue weighted by molar-refractivity contribution is 6.09. The normalized spacial score (nSPS) is 11.1. The zero-order valence-electron chi connectivity index (χ0n) is 12.0. The summed E-state index contributed by atoms with van der Waals surface area (Å²) >= 11 is 0. The van der Waals surface area contributed by atoms with Crippen molar-refractivity contribution in [2.24, 2.45) is 5.84 Å². The topological polar surface area (TPSA) is 99.7 Å². The number of anilines is 1. The Morgan fingerprint density at radius 1 is 1.29 bits per heavy atom. The number of nitrogens with two attached hydrogens (primary N) is 1. The maximum absolute atomic E-state index is 7.51. The number of rotatable bonds is 5. The van der Waals surface area contributed by atoms with Gasteiger partial charge >= 0.3 is 0 Å². The van der Waals surface area contributed by atoms with Crippen LogP contribution in [0.4, 0.5) is 5.82 Å². The van der Waals surface area contributed by atoms with Gasteiger partial charge in [0, 0.05) is 30.6 Å². The van der Waals surface area contributed by atoms with Gasteiger partial charge in [0.15, 0.2) is 5.82 Å². The second kappa shape index (κ2) is 6.62. The van der Waals surface area contributed by atoms with Crippen LogP contribution in [0.1, 0.15) is 11.3 Å². The van der Waals surface area contributed by atoms with Gasteiger partial charge in [-0.05, 0) is 6.92 Å². The maximum Gasteiger partial charge on any atom is 0.166 e. The Morgan fingerprint density at radius 3 is 2.57 bits per heavy atom. The van der Waals surface area contributed by atoms with E-state index in [2.05, 4.69) is 20.7 Å². The zero-order valence-corrected chi connectivity index (χ0v) is 12.0. The lowest BCUT2D eigenvalue weighted by atomic mass is 10.1. The van der Waals surface area contributed by atoms with Crippen molar-refractivity contribution in [3.05, 3.63) is 47.9 Å². The number of hydrogen-bond acceptors (Lipinski definition) is 6. The molecule has 0 radical (unpaired) electrons. The summed E-state index contributed by atoms with van der Waals surface area (Å²) in [6.07, 6.45) is 4.54. The molecule has 21 heavy (non-hydrogen) atoms. The molecular weight excluding hydrogens is 264 g/mol. The molecule has 1 heterocycles. The van der Waals surface area contributed by atoms with Gasteiger partial charge in [0.1, 0.15) is 5.69 Å². The van der Waals surface area contributed by atoms with E-state index >= 15 is 0 Å². The molecular formula is C15H18N6. The van der Waals surface area contributed by atoms with Crippen LogP contribution in [-0.2, 0) is 0 Å². The molecule has 0 atom stereocenters. The molecule has 1 aromatic heterocycles. The number of benzene rings is 1. The van der Waals surface area contributed by atoms with Crippen LogP contribution in [0, 0.1) is 12.3 Å². The van der Waals surface area contributed by atoms with Crippen LogP contribution in [0.15, 0.2) is 36.7 Å². The Morgan fingerprint density at radius 2 is 2.00 bits per heavy atom. The number of hydrazine groups is 1. The number of nitrogens with one attached hydrogen (secondary N) is 3. The number of aryl methyl sites for hydroxylation is 1. The van der Waals surface area contributed by atoms with Gasteiger partial charge in [-0.25, -0.2) is 15.8 Å². The highest BCUT2D eigenvalue weighted by Crippen LogP contribution is 2.23. The van der Waals surface area contributed by atoms with Gasteiger partial charge in [-0.15, -0.1) is 0 Å². The third-order valence-corrected chi connectivity index (χ3v) is 2.99. The van der Waals surface area contributed by atoms with Gasteiger partial charge < -0.3 is 16.2 Å². The van der Waals surface area contributed by atoms with Gasteiger partial charge in [0.2, 0.25) is 0 Å². The SMILES string of the molecule is CN/C=C(\C=N)c1nc(-c2ccc(C)cc2)cnc1NN. The molecule has 0 fully saturated rings. The average molecular weight is 282 g/mol. The molecule has 5 N–H and O–H groups in total. The zero-order chi connectivity index (χ0) is 15.2. The first kappa shape index (κ1) is 14.7. The van der Waals surface area contributed by atoms with E-state index in [0.29, 0.717) is 17.1 Å². The van der Waals surface area contributed by atoms with Crippen LogP contribution in [-0.4, -0.2) is 23.2 Å². The quantitative estimate of drug-likeness (QED) is 0.381. The first-order chi connectivity index (χ1) is 10.2. The number of nitrogens with zero attached hydrogens (tertiary/aromatic N) is 2. The molecule has 0 aliphatic heterocycles. The Bertz CT molecular complexity index is 660. The van der Waals surface area contributed by atoms with Crippen LogP contribution in [0.3, 0.4) is 0 Å². The van der Waals surface area contributed by atoms with Crippen LogP contribution in [0.2, 0.25) is 0 Å². The van der Waals surface area contributed by atoms with Crippen molar-refractivity contribution < 1.29 is 0 Å². The molecule has 0 spiro atoms. The summed E-state index contributed by atoms with van der Waals surface area (Å²) in [6, 6.07) is 8.02. The highest BCUT2D eigenvalue weighted by Gasteiger charge is 2.11. The fraction of sp³-hybridized carbons (Fsp3) is 0.133. The lowest BCUT2D eigenvalue weighted by Gasteiger charge is -2.10.